The topological polar surface area (TPSA) is 66.9 Å². The van der Waals surface area contributed by atoms with Crippen molar-refractivity contribution in [2.75, 3.05) is 5.32 Å². The molecule has 5 nitrogen and oxygen atoms in total. The number of rotatable bonds is 6. The molecule has 1 aromatic heterocycles. The summed E-state index contributed by atoms with van der Waals surface area (Å²) in [6.07, 6.45) is 0.914. The average molecular weight is 360 g/mol. The van der Waals surface area contributed by atoms with E-state index in [-0.39, 0.29) is 5.91 Å². The molecule has 5 heteroatoms. The van der Waals surface area contributed by atoms with E-state index in [0.29, 0.717) is 23.9 Å². The van der Waals surface area contributed by atoms with Crippen LogP contribution in [0.15, 0.2) is 54.6 Å². The highest BCUT2D eigenvalue weighted by Crippen LogP contribution is 2.20. The van der Waals surface area contributed by atoms with Gasteiger partial charge in [0.2, 0.25) is 0 Å². The fourth-order valence-corrected chi connectivity index (χ4v) is 2.93. The highest BCUT2D eigenvalue weighted by atomic mass is 16.1. The molecule has 0 aliphatic rings. The van der Waals surface area contributed by atoms with Crippen molar-refractivity contribution in [3.05, 3.63) is 82.8 Å². The lowest BCUT2D eigenvalue weighted by molar-refractivity contribution is 0.0945. The van der Waals surface area contributed by atoms with Gasteiger partial charge in [-0.2, -0.15) is 0 Å². The smallest absolute Gasteiger partial charge is 0.270 e. The molecule has 1 heterocycles. The van der Waals surface area contributed by atoms with Gasteiger partial charge in [0.1, 0.15) is 17.3 Å². The zero-order chi connectivity index (χ0) is 19.2. The van der Waals surface area contributed by atoms with Crippen LogP contribution in [0.2, 0.25) is 0 Å². The molecule has 0 fully saturated rings. The molecule has 2 N–H and O–H groups in total. The maximum atomic E-state index is 12.6. The number of benzene rings is 2. The van der Waals surface area contributed by atoms with Gasteiger partial charge in [-0.25, -0.2) is 9.97 Å². The standard InChI is InChI=1S/C22H24N4O/c1-4-18-10-5-6-11-19(18)26-21-13-20(24-16(3)25-21)22(27)23-14-17-9-7-8-15(2)12-17/h5-13H,4,14H2,1-3H3,(H,23,27)(H,24,25,26). The summed E-state index contributed by atoms with van der Waals surface area (Å²) in [7, 11) is 0. The van der Waals surface area contributed by atoms with Crippen molar-refractivity contribution in [2.45, 2.75) is 33.7 Å². The Bertz CT molecular complexity index is 953. The molecule has 138 valence electrons. The number of nitrogens with one attached hydrogen (secondary N) is 2. The molecular formula is C22H24N4O. The van der Waals surface area contributed by atoms with Crippen molar-refractivity contribution < 1.29 is 4.79 Å². The Kier molecular flexibility index (Phi) is 5.81. The minimum absolute atomic E-state index is 0.214. The molecule has 0 aliphatic heterocycles. The first-order chi connectivity index (χ1) is 13.0. The molecule has 0 atom stereocenters. The molecule has 3 aromatic rings. The number of para-hydroxylation sites is 1. The highest BCUT2D eigenvalue weighted by Gasteiger charge is 2.11. The zero-order valence-electron chi connectivity index (χ0n) is 15.9. The van der Waals surface area contributed by atoms with E-state index < -0.39 is 0 Å². The molecule has 1 amide bonds. The first kappa shape index (κ1) is 18.6. The lowest BCUT2D eigenvalue weighted by Crippen LogP contribution is -2.24. The predicted octanol–water partition coefficient (Wildman–Crippen LogP) is 4.33. The summed E-state index contributed by atoms with van der Waals surface area (Å²) in [5.41, 5.74) is 4.76. The maximum Gasteiger partial charge on any atom is 0.270 e. The fraction of sp³-hybridized carbons (Fsp3) is 0.227. The van der Waals surface area contributed by atoms with E-state index in [1.165, 1.54) is 11.1 Å². The van der Waals surface area contributed by atoms with Crippen LogP contribution in [0.4, 0.5) is 11.5 Å². The number of anilines is 2. The molecule has 3 rings (SSSR count). The van der Waals surface area contributed by atoms with E-state index in [1.54, 1.807) is 13.0 Å². The van der Waals surface area contributed by atoms with Crippen LogP contribution in [0.3, 0.4) is 0 Å². The third kappa shape index (κ3) is 4.91. The van der Waals surface area contributed by atoms with Gasteiger partial charge in [0.15, 0.2) is 0 Å². The van der Waals surface area contributed by atoms with E-state index in [0.717, 1.165) is 17.7 Å². The lowest BCUT2D eigenvalue weighted by Gasteiger charge is -2.12. The monoisotopic (exact) mass is 360 g/mol. The van der Waals surface area contributed by atoms with E-state index in [4.69, 9.17) is 0 Å². The normalized spacial score (nSPS) is 10.5. The number of carbonyl (C=O) groups is 1. The molecular weight excluding hydrogens is 336 g/mol. The summed E-state index contributed by atoms with van der Waals surface area (Å²) in [6.45, 7) is 6.39. The molecule has 0 spiro atoms. The quantitative estimate of drug-likeness (QED) is 0.687. The van der Waals surface area contributed by atoms with E-state index in [9.17, 15) is 4.79 Å². The number of hydrogen-bond acceptors (Lipinski definition) is 4. The van der Waals surface area contributed by atoms with Gasteiger partial charge in [-0.3, -0.25) is 4.79 Å². The van der Waals surface area contributed by atoms with Crippen LogP contribution in [0, 0.1) is 13.8 Å². The summed E-state index contributed by atoms with van der Waals surface area (Å²) >= 11 is 0. The van der Waals surface area contributed by atoms with E-state index in [1.807, 2.05) is 43.3 Å². The second-order valence-corrected chi connectivity index (χ2v) is 6.49. The van der Waals surface area contributed by atoms with E-state index in [2.05, 4.69) is 39.7 Å². The number of amides is 1. The van der Waals surface area contributed by atoms with Crippen molar-refractivity contribution in [3.8, 4) is 0 Å². The van der Waals surface area contributed by atoms with Gasteiger partial charge in [-0.1, -0.05) is 55.0 Å². The average Bonchev–Trinajstić information content (AvgIpc) is 2.66. The highest BCUT2D eigenvalue weighted by molar-refractivity contribution is 5.93. The Hall–Kier alpha value is -3.21. The molecule has 27 heavy (non-hydrogen) atoms. The number of hydrogen-bond donors (Lipinski definition) is 2. The molecule has 2 aromatic carbocycles. The summed E-state index contributed by atoms with van der Waals surface area (Å²) in [4.78, 5) is 21.3. The second kappa shape index (κ2) is 8.45. The largest absolute Gasteiger partial charge is 0.347 e. The van der Waals surface area contributed by atoms with Crippen LogP contribution in [-0.2, 0) is 13.0 Å². The minimum atomic E-state index is -0.214. The number of carbonyl (C=O) groups excluding carboxylic acids is 1. The van der Waals surface area contributed by atoms with Crippen LogP contribution in [0.1, 0.15) is 39.9 Å². The van der Waals surface area contributed by atoms with Crippen LogP contribution in [0.5, 0.6) is 0 Å². The van der Waals surface area contributed by atoms with Gasteiger partial charge in [0.25, 0.3) is 5.91 Å². The molecule has 0 radical (unpaired) electrons. The zero-order valence-corrected chi connectivity index (χ0v) is 15.9. The van der Waals surface area contributed by atoms with E-state index >= 15 is 0 Å². The van der Waals surface area contributed by atoms with Crippen molar-refractivity contribution in [1.29, 1.82) is 0 Å². The van der Waals surface area contributed by atoms with Gasteiger partial charge >= 0.3 is 0 Å². The summed E-state index contributed by atoms with van der Waals surface area (Å²) < 4.78 is 0. The number of nitrogens with zero attached hydrogens (tertiary/aromatic N) is 2. The van der Waals surface area contributed by atoms with Crippen molar-refractivity contribution in [2.24, 2.45) is 0 Å². The molecule has 0 aliphatic carbocycles. The lowest BCUT2D eigenvalue weighted by atomic mass is 10.1. The first-order valence-corrected chi connectivity index (χ1v) is 9.09. The van der Waals surface area contributed by atoms with Crippen LogP contribution >= 0.6 is 0 Å². The van der Waals surface area contributed by atoms with Crippen molar-refractivity contribution in [1.82, 2.24) is 15.3 Å². The van der Waals surface area contributed by atoms with Crippen molar-refractivity contribution in [3.63, 3.8) is 0 Å². The molecule has 0 saturated carbocycles. The minimum Gasteiger partial charge on any atom is -0.347 e. The Labute approximate surface area is 159 Å². The van der Waals surface area contributed by atoms with Crippen LogP contribution in [0.25, 0.3) is 0 Å². The molecule has 0 unspecified atom stereocenters. The Morgan fingerprint density at radius 2 is 1.81 bits per heavy atom. The van der Waals surface area contributed by atoms with Gasteiger partial charge in [0, 0.05) is 18.3 Å². The number of aryl methyl sites for hydroxylation is 3. The Morgan fingerprint density at radius 3 is 2.59 bits per heavy atom. The Morgan fingerprint density at radius 1 is 1.00 bits per heavy atom. The van der Waals surface area contributed by atoms with Crippen LogP contribution in [-0.4, -0.2) is 15.9 Å². The maximum absolute atomic E-state index is 12.6. The molecule has 0 bridgehead atoms. The predicted molar refractivity (Wildman–Crippen MR) is 108 cm³/mol. The summed E-state index contributed by atoms with van der Waals surface area (Å²) in [5, 5.41) is 6.24. The first-order valence-electron chi connectivity index (χ1n) is 9.09. The Balaban J connectivity index is 1.75. The van der Waals surface area contributed by atoms with Gasteiger partial charge < -0.3 is 10.6 Å². The third-order valence-electron chi connectivity index (χ3n) is 4.27. The van der Waals surface area contributed by atoms with Gasteiger partial charge in [0.05, 0.1) is 0 Å². The summed E-state index contributed by atoms with van der Waals surface area (Å²) in [5.74, 6) is 0.952. The molecule has 0 saturated heterocycles. The van der Waals surface area contributed by atoms with Crippen molar-refractivity contribution >= 4 is 17.4 Å². The fourth-order valence-electron chi connectivity index (χ4n) is 2.93. The van der Waals surface area contributed by atoms with Gasteiger partial charge in [-0.15, -0.1) is 0 Å². The van der Waals surface area contributed by atoms with Crippen LogP contribution < -0.4 is 10.6 Å². The third-order valence-corrected chi connectivity index (χ3v) is 4.27. The number of aromatic nitrogens is 2. The summed E-state index contributed by atoms with van der Waals surface area (Å²) in [6, 6.07) is 17.8. The SMILES string of the molecule is CCc1ccccc1Nc1cc(C(=O)NCc2cccc(C)c2)nc(C)n1. The second-order valence-electron chi connectivity index (χ2n) is 6.49. The van der Waals surface area contributed by atoms with Gasteiger partial charge in [-0.05, 0) is 37.5 Å².